The molecule has 0 unspecified atom stereocenters. The van der Waals surface area contributed by atoms with Crippen molar-refractivity contribution in [2.45, 2.75) is 18.9 Å². The first-order valence-corrected chi connectivity index (χ1v) is 8.74. The lowest BCUT2D eigenvalue weighted by atomic mass is 10.1. The van der Waals surface area contributed by atoms with Gasteiger partial charge in [-0.3, -0.25) is 4.79 Å². The maximum Gasteiger partial charge on any atom is 0.248 e. The molecule has 24 heavy (non-hydrogen) atoms. The number of phenolic OH excluding ortho intramolecular Hbond substituents is 1. The van der Waals surface area contributed by atoms with E-state index in [0.29, 0.717) is 18.8 Å². The molecule has 2 aliphatic rings. The molecule has 132 valence electrons. The van der Waals surface area contributed by atoms with Crippen LogP contribution in [0.4, 0.5) is 5.69 Å². The summed E-state index contributed by atoms with van der Waals surface area (Å²) in [6.07, 6.45) is 2.23. The maximum absolute atomic E-state index is 12.3. The van der Waals surface area contributed by atoms with E-state index in [1.54, 1.807) is 6.07 Å². The summed E-state index contributed by atoms with van der Waals surface area (Å²) in [5, 5.41) is 9.94. The Morgan fingerprint density at radius 1 is 1.12 bits per heavy atom. The van der Waals surface area contributed by atoms with Gasteiger partial charge in [-0.2, -0.15) is 0 Å². The van der Waals surface area contributed by atoms with Gasteiger partial charge in [-0.15, -0.1) is 0 Å². The van der Waals surface area contributed by atoms with Gasteiger partial charge >= 0.3 is 0 Å². The van der Waals surface area contributed by atoms with Gasteiger partial charge in [0.15, 0.2) is 0 Å². The molecule has 1 amide bonds. The molecule has 2 saturated heterocycles. The third kappa shape index (κ3) is 4.19. The predicted octanol–water partition coefficient (Wildman–Crippen LogP) is 1.15. The van der Waals surface area contributed by atoms with Crippen molar-refractivity contribution in [2.75, 3.05) is 57.8 Å². The average Bonchev–Trinajstić information content (AvgIpc) is 2.61. The summed E-state index contributed by atoms with van der Waals surface area (Å²) < 4.78 is 5.81. The second-order valence-corrected chi connectivity index (χ2v) is 6.67. The van der Waals surface area contributed by atoms with Crippen LogP contribution in [-0.2, 0) is 9.53 Å². The molecule has 2 aliphatic heterocycles. The number of hydrogen-bond donors (Lipinski definition) is 1. The van der Waals surface area contributed by atoms with Crippen LogP contribution in [-0.4, -0.2) is 79.8 Å². The average molecular weight is 333 g/mol. The van der Waals surface area contributed by atoms with E-state index in [-0.39, 0.29) is 18.6 Å². The van der Waals surface area contributed by atoms with Crippen molar-refractivity contribution in [2.24, 2.45) is 0 Å². The van der Waals surface area contributed by atoms with Gasteiger partial charge in [-0.1, -0.05) is 12.1 Å². The largest absolute Gasteiger partial charge is 0.506 e. The quantitative estimate of drug-likeness (QED) is 0.896. The van der Waals surface area contributed by atoms with Crippen LogP contribution < -0.4 is 4.90 Å². The minimum Gasteiger partial charge on any atom is -0.506 e. The summed E-state index contributed by atoms with van der Waals surface area (Å²) in [5.74, 6) is 0.369. The molecule has 1 aromatic carbocycles. The molecule has 2 fully saturated rings. The minimum atomic E-state index is 0.0749. The molecule has 0 aliphatic carbocycles. The third-order valence-electron chi connectivity index (χ3n) is 4.96. The zero-order valence-corrected chi connectivity index (χ0v) is 14.4. The van der Waals surface area contributed by atoms with E-state index in [2.05, 4.69) is 16.8 Å². The van der Waals surface area contributed by atoms with E-state index in [1.165, 1.54) is 0 Å². The number of nitrogens with zero attached hydrogens (tertiary/aromatic N) is 3. The van der Waals surface area contributed by atoms with E-state index in [0.717, 1.165) is 44.7 Å². The van der Waals surface area contributed by atoms with Crippen LogP contribution in [0.2, 0.25) is 0 Å². The first-order chi connectivity index (χ1) is 11.6. The molecule has 6 nitrogen and oxygen atoms in total. The summed E-state index contributed by atoms with van der Waals surface area (Å²) >= 11 is 0. The Labute approximate surface area is 143 Å². The number of phenols is 1. The number of piperazine rings is 1. The van der Waals surface area contributed by atoms with Crippen LogP contribution in [0.1, 0.15) is 12.8 Å². The molecule has 0 saturated carbocycles. The van der Waals surface area contributed by atoms with Gasteiger partial charge in [0, 0.05) is 39.3 Å². The molecule has 0 atom stereocenters. The van der Waals surface area contributed by atoms with Gasteiger partial charge in [0.05, 0.1) is 11.8 Å². The van der Waals surface area contributed by atoms with Crippen LogP contribution >= 0.6 is 0 Å². The van der Waals surface area contributed by atoms with Crippen molar-refractivity contribution in [3.63, 3.8) is 0 Å². The van der Waals surface area contributed by atoms with Crippen molar-refractivity contribution < 1.29 is 14.6 Å². The van der Waals surface area contributed by atoms with E-state index >= 15 is 0 Å². The first-order valence-electron chi connectivity index (χ1n) is 8.74. The molecule has 1 N–H and O–H groups in total. The number of carbonyl (C=O) groups is 1. The lowest BCUT2D eigenvalue weighted by Gasteiger charge is -2.36. The highest BCUT2D eigenvalue weighted by atomic mass is 16.5. The van der Waals surface area contributed by atoms with E-state index < -0.39 is 0 Å². The standard InChI is InChI=1S/C18H27N3O3/c1-19-8-6-15(7-9-19)24-14-18(23)21-12-10-20(11-13-21)16-4-2-3-5-17(16)22/h2-5,15,22H,6-14H2,1H3. The van der Waals surface area contributed by atoms with Crippen LogP contribution in [0.5, 0.6) is 5.75 Å². The zero-order valence-electron chi connectivity index (χ0n) is 14.4. The Morgan fingerprint density at radius 2 is 1.79 bits per heavy atom. The summed E-state index contributed by atoms with van der Waals surface area (Å²) in [5.41, 5.74) is 0.840. The highest BCUT2D eigenvalue weighted by Gasteiger charge is 2.24. The second kappa shape index (κ2) is 7.85. The Hall–Kier alpha value is -1.79. The number of anilines is 1. The van der Waals surface area contributed by atoms with Crippen LogP contribution in [0.25, 0.3) is 0 Å². The Bertz CT molecular complexity index is 550. The number of benzene rings is 1. The number of rotatable bonds is 4. The minimum absolute atomic E-state index is 0.0749. The number of hydrogen-bond acceptors (Lipinski definition) is 5. The monoisotopic (exact) mass is 333 g/mol. The fraction of sp³-hybridized carbons (Fsp3) is 0.611. The lowest BCUT2D eigenvalue weighted by molar-refractivity contribution is -0.139. The Kier molecular flexibility index (Phi) is 5.58. The highest BCUT2D eigenvalue weighted by Crippen LogP contribution is 2.27. The molecular formula is C18H27N3O3. The topological polar surface area (TPSA) is 56.2 Å². The molecule has 0 bridgehead atoms. The van der Waals surface area contributed by atoms with Crippen molar-refractivity contribution in [1.82, 2.24) is 9.80 Å². The normalized spacial score (nSPS) is 20.4. The first kappa shape index (κ1) is 17.0. The van der Waals surface area contributed by atoms with Crippen LogP contribution in [0.15, 0.2) is 24.3 Å². The van der Waals surface area contributed by atoms with Crippen LogP contribution in [0, 0.1) is 0 Å². The Morgan fingerprint density at radius 3 is 2.46 bits per heavy atom. The van der Waals surface area contributed by atoms with Crippen molar-refractivity contribution in [3.05, 3.63) is 24.3 Å². The SMILES string of the molecule is CN1CCC(OCC(=O)N2CCN(c3ccccc3O)CC2)CC1. The lowest BCUT2D eigenvalue weighted by Crippen LogP contribution is -2.50. The van der Waals surface area contributed by atoms with Crippen molar-refractivity contribution in [3.8, 4) is 5.75 Å². The van der Waals surface area contributed by atoms with Gasteiger partial charge in [0.1, 0.15) is 12.4 Å². The third-order valence-corrected chi connectivity index (χ3v) is 4.96. The molecule has 3 rings (SSSR count). The maximum atomic E-state index is 12.3. The fourth-order valence-corrected chi connectivity index (χ4v) is 3.36. The van der Waals surface area contributed by atoms with Crippen molar-refractivity contribution in [1.29, 1.82) is 0 Å². The summed E-state index contributed by atoms with van der Waals surface area (Å²) in [7, 11) is 2.12. The smallest absolute Gasteiger partial charge is 0.248 e. The van der Waals surface area contributed by atoms with Gasteiger partial charge in [-0.25, -0.2) is 0 Å². The van der Waals surface area contributed by atoms with E-state index in [4.69, 9.17) is 4.74 Å². The number of carbonyl (C=O) groups excluding carboxylic acids is 1. The fourth-order valence-electron chi connectivity index (χ4n) is 3.36. The predicted molar refractivity (Wildman–Crippen MR) is 93.4 cm³/mol. The second-order valence-electron chi connectivity index (χ2n) is 6.67. The molecule has 0 radical (unpaired) electrons. The number of para-hydroxylation sites is 2. The van der Waals surface area contributed by atoms with Crippen molar-refractivity contribution >= 4 is 11.6 Å². The summed E-state index contributed by atoms with van der Waals surface area (Å²) in [6.45, 7) is 5.07. The van der Waals surface area contributed by atoms with Gasteiger partial charge in [0.2, 0.25) is 5.91 Å². The molecular weight excluding hydrogens is 306 g/mol. The number of ether oxygens (including phenoxy) is 1. The van der Waals surface area contributed by atoms with Gasteiger partial charge in [0.25, 0.3) is 0 Å². The molecule has 0 aromatic heterocycles. The molecule has 2 heterocycles. The number of likely N-dealkylation sites (tertiary alicyclic amines) is 1. The van der Waals surface area contributed by atoms with Crippen LogP contribution in [0.3, 0.4) is 0 Å². The number of aromatic hydroxyl groups is 1. The number of piperidine rings is 1. The Balaban J connectivity index is 1.43. The van der Waals surface area contributed by atoms with E-state index in [1.807, 2.05) is 23.1 Å². The van der Waals surface area contributed by atoms with E-state index in [9.17, 15) is 9.90 Å². The molecule has 1 aromatic rings. The summed E-state index contributed by atoms with van der Waals surface area (Å²) in [6, 6.07) is 7.35. The highest BCUT2D eigenvalue weighted by molar-refractivity contribution is 5.78. The van der Waals surface area contributed by atoms with Gasteiger partial charge < -0.3 is 24.5 Å². The number of amides is 1. The zero-order chi connectivity index (χ0) is 16.9. The van der Waals surface area contributed by atoms with Gasteiger partial charge in [-0.05, 0) is 32.0 Å². The molecule has 0 spiro atoms. The summed E-state index contributed by atoms with van der Waals surface area (Å²) in [4.78, 5) is 18.6. The molecule has 6 heteroatoms.